The van der Waals surface area contributed by atoms with Crippen LogP contribution < -0.4 is 14.2 Å². The number of benzene rings is 2. The van der Waals surface area contributed by atoms with Gasteiger partial charge in [-0.1, -0.05) is 19.9 Å². The van der Waals surface area contributed by atoms with Crippen molar-refractivity contribution >= 4 is 17.7 Å². The van der Waals surface area contributed by atoms with E-state index in [1.807, 2.05) is 13.8 Å². The molecule has 0 saturated carbocycles. The van der Waals surface area contributed by atoms with Gasteiger partial charge in [-0.05, 0) is 57.4 Å². The molecule has 0 radical (unpaired) electrons. The predicted octanol–water partition coefficient (Wildman–Crippen LogP) is 5.01. The summed E-state index contributed by atoms with van der Waals surface area (Å²) in [7, 11) is 2.11. The summed E-state index contributed by atoms with van der Waals surface area (Å²) in [4.78, 5) is 17.7. The van der Waals surface area contributed by atoms with Crippen LogP contribution >= 0.6 is 11.8 Å². The van der Waals surface area contributed by atoms with Crippen LogP contribution in [0.4, 0.5) is 0 Å². The number of rotatable bonds is 5. The first-order valence-corrected chi connectivity index (χ1v) is 16.9. The van der Waals surface area contributed by atoms with Crippen molar-refractivity contribution in [1.82, 2.24) is 9.80 Å². The van der Waals surface area contributed by atoms with E-state index < -0.39 is 12.1 Å². The molecule has 7 atom stereocenters. The van der Waals surface area contributed by atoms with E-state index in [1.54, 1.807) is 11.8 Å². The summed E-state index contributed by atoms with van der Waals surface area (Å²) in [5, 5.41) is 22.5. The maximum Gasteiger partial charge on any atom is 0.309 e. The summed E-state index contributed by atoms with van der Waals surface area (Å²) in [5.74, 6) is 1.99. The molecule has 1 unspecified atom stereocenters. The zero-order chi connectivity index (χ0) is 31.7. The van der Waals surface area contributed by atoms with Gasteiger partial charge in [-0.2, -0.15) is 17.0 Å². The number of fused-ring (bicyclic) bond motifs is 9. The largest absolute Gasteiger partial charge is 0.507 e. The highest BCUT2D eigenvalue weighted by molar-refractivity contribution is 7.99. The van der Waals surface area contributed by atoms with Gasteiger partial charge < -0.3 is 28.8 Å². The second kappa shape index (κ2) is 11.6. The lowest BCUT2D eigenvalue weighted by Crippen LogP contribution is -2.69. The Balaban J connectivity index is 1.48. The number of thioether (sulfide) groups is 1. The molecule has 5 aliphatic heterocycles. The molecule has 5 aliphatic rings. The number of aromatic hydroxyl groups is 1. The van der Waals surface area contributed by atoms with Crippen molar-refractivity contribution in [1.29, 1.82) is 5.26 Å². The summed E-state index contributed by atoms with van der Waals surface area (Å²) >= 11 is 1.64. The van der Waals surface area contributed by atoms with Crippen molar-refractivity contribution in [2.45, 2.75) is 82.9 Å². The van der Waals surface area contributed by atoms with Gasteiger partial charge in [0, 0.05) is 40.1 Å². The number of carbonyl (C=O) groups excluding carboxylic acids is 1. The number of nitrogens with zero attached hydrogens (tertiary/aromatic N) is 3. The van der Waals surface area contributed by atoms with E-state index in [9.17, 15) is 15.2 Å². The van der Waals surface area contributed by atoms with Crippen molar-refractivity contribution in [2.75, 3.05) is 39.6 Å². The van der Waals surface area contributed by atoms with E-state index in [0.29, 0.717) is 35.8 Å². The summed E-state index contributed by atoms with van der Waals surface area (Å²) in [5.41, 5.74) is 6.67. The third-order valence-electron chi connectivity index (χ3n) is 10.4. The van der Waals surface area contributed by atoms with Crippen LogP contribution in [0, 0.1) is 38.0 Å². The molecule has 1 N–H and O–H groups in total. The standard InChI is InChI=1S/C34H41N3O7S/c1-7-8-40-14-42-30-18(4)16(2)9-20-10-21-22(11-35)37-23-12-41-34(39)17(3)13-45-33(28(37)27(24(20)30)36(21)6)26-25(23)32-31(43-15-44-32)19(5)29(26)38/h9,17,21-23,27-28,33,38H,7-8,10,12-15H2,1-6H3/t17-,21-,22-,23-,27+,28?,33+/m0/s1. The van der Waals surface area contributed by atoms with Gasteiger partial charge >= 0.3 is 5.97 Å². The van der Waals surface area contributed by atoms with Gasteiger partial charge in [0.25, 0.3) is 0 Å². The molecule has 45 heavy (non-hydrogen) atoms. The van der Waals surface area contributed by atoms with E-state index in [4.69, 9.17) is 23.7 Å². The molecule has 11 heteroatoms. The van der Waals surface area contributed by atoms with Crippen LogP contribution in [0.25, 0.3) is 0 Å². The molecular formula is C34H41N3O7S. The van der Waals surface area contributed by atoms with Crippen LogP contribution in [-0.2, 0) is 20.7 Å². The normalized spacial score (nSPS) is 30.2. The number of cyclic esters (lactones) is 1. The molecule has 5 heterocycles. The highest BCUT2D eigenvalue weighted by atomic mass is 32.2. The number of ether oxygens (including phenoxy) is 5. The highest BCUT2D eigenvalue weighted by Crippen LogP contribution is 2.63. The summed E-state index contributed by atoms with van der Waals surface area (Å²) < 4.78 is 30.2. The van der Waals surface area contributed by atoms with E-state index >= 15 is 0 Å². The molecule has 10 nitrogen and oxygen atoms in total. The number of phenolic OH excluding ortho intramolecular Hbond substituents is 1. The van der Waals surface area contributed by atoms with Gasteiger partial charge in [-0.3, -0.25) is 14.6 Å². The first-order valence-electron chi connectivity index (χ1n) is 15.8. The second-order valence-corrected chi connectivity index (χ2v) is 14.1. The van der Waals surface area contributed by atoms with Crippen LogP contribution in [0.1, 0.15) is 76.5 Å². The Kier molecular flexibility index (Phi) is 7.84. The zero-order valence-corrected chi connectivity index (χ0v) is 27.5. The lowest BCUT2D eigenvalue weighted by molar-refractivity contribution is -0.153. The minimum absolute atomic E-state index is 0.0394. The Morgan fingerprint density at radius 1 is 1.13 bits per heavy atom. The molecule has 2 fully saturated rings. The van der Waals surface area contributed by atoms with E-state index in [1.165, 1.54) is 5.56 Å². The maximum absolute atomic E-state index is 13.1. The molecule has 2 aromatic rings. The first-order chi connectivity index (χ1) is 21.7. The van der Waals surface area contributed by atoms with E-state index in [2.05, 4.69) is 49.8 Å². The number of phenols is 1. The monoisotopic (exact) mass is 635 g/mol. The topological polar surface area (TPSA) is 114 Å². The number of piperazine rings is 1. The smallest absolute Gasteiger partial charge is 0.309 e. The number of aryl methyl sites for hydroxylation is 1. The van der Waals surface area contributed by atoms with Crippen LogP contribution in [0.5, 0.6) is 23.0 Å². The summed E-state index contributed by atoms with van der Waals surface area (Å²) in [6, 6.07) is 3.34. The molecule has 0 spiro atoms. The molecule has 2 saturated heterocycles. The Morgan fingerprint density at radius 2 is 1.91 bits per heavy atom. The average molecular weight is 636 g/mol. The van der Waals surface area contributed by atoms with Crippen LogP contribution in [0.15, 0.2) is 6.07 Å². The average Bonchev–Trinajstić information content (AvgIpc) is 3.51. The Morgan fingerprint density at radius 3 is 2.67 bits per heavy atom. The molecule has 0 aromatic heterocycles. The predicted molar refractivity (Wildman–Crippen MR) is 168 cm³/mol. The fraction of sp³-hybridized carbons (Fsp3) is 0.588. The van der Waals surface area contributed by atoms with Crippen LogP contribution in [0.2, 0.25) is 0 Å². The molecule has 0 amide bonds. The lowest BCUT2D eigenvalue weighted by Gasteiger charge is -2.61. The fourth-order valence-corrected chi connectivity index (χ4v) is 9.66. The zero-order valence-electron chi connectivity index (χ0n) is 26.7. The third kappa shape index (κ3) is 4.51. The van der Waals surface area contributed by atoms with Gasteiger partial charge in [-0.15, -0.1) is 0 Å². The molecule has 240 valence electrons. The first kappa shape index (κ1) is 30.5. The summed E-state index contributed by atoms with van der Waals surface area (Å²) in [6.45, 7) is 10.9. The van der Waals surface area contributed by atoms with Crippen LogP contribution in [-0.4, -0.2) is 78.6 Å². The van der Waals surface area contributed by atoms with Gasteiger partial charge in [-0.25, -0.2) is 0 Å². The molecule has 2 aromatic carbocycles. The van der Waals surface area contributed by atoms with Crippen molar-refractivity contribution in [2.24, 2.45) is 5.92 Å². The lowest BCUT2D eigenvalue weighted by atomic mass is 9.71. The van der Waals surface area contributed by atoms with Gasteiger partial charge in [0.1, 0.15) is 24.1 Å². The second-order valence-electron chi connectivity index (χ2n) is 13.0. The van der Waals surface area contributed by atoms with E-state index in [-0.39, 0.29) is 61.2 Å². The highest BCUT2D eigenvalue weighted by Gasteiger charge is 2.60. The fourth-order valence-electron chi connectivity index (χ4n) is 8.13. The minimum atomic E-state index is -0.522. The van der Waals surface area contributed by atoms with Gasteiger partial charge in [0.05, 0.1) is 35.9 Å². The molecular weight excluding hydrogens is 594 g/mol. The van der Waals surface area contributed by atoms with E-state index in [0.717, 1.165) is 40.0 Å². The third-order valence-corrected chi connectivity index (χ3v) is 12.0. The number of esters is 1. The molecule has 0 aliphatic carbocycles. The van der Waals surface area contributed by atoms with Crippen molar-refractivity contribution in [3.05, 3.63) is 45.0 Å². The molecule has 7 rings (SSSR count). The SMILES string of the molecule is CCCOCOc1c(C)c(C)cc2c1[C@@H]1C3[C@@H]4SC[C@H](C)C(=O)OC[C@@H](c5c6c(c(C)c(O)c54)OCO6)N3[C@@H](C#N)[C@H](C2)N1C. The number of nitriles is 1. The Labute approximate surface area is 268 Å². The Hall–Kier alpha value is -3.17. The van der Waals surface area contributed by atoms with Crippen molar-refractivity contribution in [3.8, 4) is 29.1 Å². The van der Waals surface area contributed by atoms with Gasteiger partial charge in [0.2, 0.25) is 6.79 Å². The minimum Gasteiger partial charge on any atom is -0.507 e. The Bertz CT molecular complexity index is 1590. The van der Waals surface area contributed by atoms with Crippen molar-refractivity contribution < 1.29 is 33.6 Å². The molecule has 4 bridgehead atoms. The van der Waals surface area contributed by atoms with Gasteiger partial charge in [0.15, 0.2) is 18.3 Å². The maximum atomic E-state index is 13.1. The summed E-state index contributed by atoms with van der Waals surface area (Å²) in [6.07, 6.45) is 1.57. The quantitative estimate of drug-likeness (QED) is 0.272. The van der Waals surface area contributed by atoms with Crippen LogP contribution in [0.3, 0.4) is 0 Å². The number of hydrogen-bond acceptors (Lipinski definition) is 11. The number of carbonyl (C=O) groups is 1. The number of likely N-dealkylation sites (N-methyl/N-ethyl adjacent to an activating group) is 1. The number of hydrogen-bond donors (Lipinski definition) is 1. The van der Waals surface area contributed by atoms with Crippen molar-refractivity contribution in [3.63, 3.8) is 0 Å².